The van der Waals surface area contributed by atoms with E-state index in [1.54, 1.807) is 24.3 Å². The summed E-state index contributed by atoms with van der Waals surface area (Å²) >= 11 is 0. The van der Waals surface area contributed by atoms with Crippen LogP contribution in [-0.2, 0) is 0 Å². The molecule has 0 spiro atoms. The maximum Gasteiger partial charge on any atom is 0.232 e. The Bertz CT molecular complexity index is 766. The Labute approximate surface area is 110 Å². The molecular weight excluding hydrogens is 238 g/mol. The first-order valence-electron chi connectivity index (χ1n) is 5.97. The summed E-state index contributed by atoms with van der Waals surface area (Å²) in [4.78, 5) is 11.1. The predicted molar refractivity (Wildman–Crippen MR) is 73.7 cm³/mol. The van der Waals surface area contributed by atoms with Gasteiger partial charge in [-0.05, 0) is 17.5 Å². The smallest absolute Gasteiger partial charge is 0.232 e. The maximum absolute atomic E-state index is 12.1. The van der Waals surface area contributed by atoms with Crippen LogP contribution in [0.3, 0.4) is 0 Å². The normalized spacial score (nSPS) is 10.5. The number of carbonyl (C=O) groups excluding carboxylic acids is 1. The van der Waals surface area contributed by atoms with E-state index in [1.807, 2.05) is 30.3 Å². The van der Waals surface area contributed by atoms with Gasteiger partial charge < -0.3 is 5.21 Å². The van der Waals surface area contributed by atoms with Crippen LogP contribution in [0.4, 0.5) is 0 Å². The predicted octanol–water partition coefficient (Wildman–Crippen LogP) is 2.95. The standard InChI is InChI=1S/C16H11NO2/c18-11-13-6-2-4-8-15(13)16-14-7-3-1-5-12(14)9-10-17(16)19/h1-11H. The molecule has 19 heavy (non-hydrogen) atoms. The fraction of sp³-hybridized carbons (Fsp3) is 0. The van der Waals surface area contributed by atoms with Crippen molar-refractivity contribution in [3.63, 3.8) is 0 Å². The number of rotatable bonds is 2. The van der Waals surface area contributed by atoms with Gasteiger partial charge in [0.25, 0.3) is 0 Å². The molecule has 0 saturated carbocycles. The lowest BCUT2D eigenvalue weighted by Gasteiger charge is -2.09. The molecule has 0 radical (unpaired) electrons. The lowest BCUT2D eigenvalue weighted by Crippen LogP contribution is -2.28. The van der Waals surface area contributed by atoms with Crippen molar-refractivity contribution in [1.82, 2.24) is 0 Å². The molecule has 3 nitrogen and oxygen atoms in total. The van der Waals surface area contributed by atoms with Gasteiger partial charge in [-0.1, -0.05) is 36.4 Å². The summed E-state index contributed by atoms with van der Waals surface area (Å²) in [5.74, 6) is 0. The molecule has 3 aromatic rings. The summed E-state index contributed by atoms with van der Waals surface area (Å²) in [5.41, 5.74) is 1.69. The molecule has 0 aliphatic rings. The van der Waals surface area contributed by atoms with Gasteiger partial charge in [0, 0.05) is 11.6 Å². The summed E-state index contributed by atoms with van der Waals surface area (Å²) in [6.45, 7) is 0. The van der Waals surface area contributed by atoms with Crippen LogP contribution in [-0.4, -0.2) is 6.29 Å². The van der Waals surface area contributed by atoms with E-state index in [1.165, 1.54) is 6.20 Å². The molecule has 0 aliphatic carbocycles. The van der Waals surface area contributed by atoms with Crippen molar-refractivity contribution in [1.29, 1.82) is 0 Å². The molecule has 0 bridgehead atoms. The fourth-order valence-electron chi connectivity index (χ4n) is 2.28. The molecule has 3 heteroatoms. The van der Waals surface area contributed by atoms with Crippen molar-refractivity contribution in [3.05, 3.63) is 71.6 Å². The van der Waals surface area contributed by atoms with Gasteiger partial charge >= 0.3 is 0 Å². The zero-order chi connectivity index (χ0) is 13.2. The molecule has 1 heterocycles. The van der Waals surface area contributed by atoms with Gasteiger partial charge in [-0.2, -0.15) is 4.73 Å². The number of aldehydes is 1. The van der Waals surface area contributed by atoms with Crippen LogP contribution >= 0.6 is 0 Å². The number of aromatic nitrogens is 1. The molecule has 1 aromatic heterocycles. The van der Waals surface area contributed by atoms with Gasteiger partial charge in [0.15, 0.2) is 12.5 Å². The van der Waals surface area contributed by atoms with E-state index in [0.717, 1.165) is 21.8 Å². The van der Waals surface area contributed by atoms with Gasteiger partial charge in [0.1, 0.15) is 0 Å². The number of carbonyl (C=O) groups is 1. The van der Waals surface area contributed by atoms with Crippen LogP contribution in [0, 0.1) is 5.21 Å². The number of pyridine rings is 1. The second-order valence-corrected chi connectivity index (χ2v) is 4.28. The summed E-state index contributed by atoms with van der Waals surface area (Å²) in [7, 11) is 0. The highest BCUT2D eigenvalue weighted by Gasteiger charge is 2.16. The van der Waals surface area contributed by atoms with Crippen LogP contribution in [0.15, 0.2) is 60.8 Å². The Balaban J connectivity index is 2.42. The van der Waals surface area contributed by atoms with Gasteiger partial charge in [-0.3, -0.25) is 4.79 Å². The second-order valence-electron chi connectivity index (χ2n) is 4.28. The van der Waals surface area contributed by atoms with Crippen molar-refractivity contribution in [2.45, 2.75) is 0 Å². The van der Waals surface area contributed by atoms with Crippen molar-refractivity contribution in [2.75, 3.05) is 0 Å². The van der Waals surface area contributed by atoms with E-state index in [9.17, 15) is 10.0 Å². The average molecular weight is 249 g/mol. The van der Waals surface area contributed by atoms with Gasteiger partial charge in [-0.15, -0.1) is 0 Å². The minimum Gasteiger partial charge on any atom is -0.618 e. The zero-order valence-corrected chi connectivity index (χ0v) is 10.1. The topological polar surface area (TPSA) is 44.0 Å². The Morgan fingerprint density at radius 2 is 1.68 bits per heavy atom. The monoisotopic (exact) mass is 249 g/mol. The van der Waals surface area contributed by atoms with Gasteiger partial charge in [0.2, 0.25) is 5.69 Å². The molecule has 0 N–H and O–H groups in total. The third-order valence-corrected chi connectivity index (χ3v) is 3.17. The van der Waals surface area contributed by atoms with Crippen LogP contribution < -0.4 is 4.73 Å². The summed E-state index contributed by atoms with van der Waals surface area (Å²) in [6.07, 6.45) is 2.25. The number of benzene rings is 2. The second kappa shape index (κ2) is 4.53. The lowest BCUT2D eigenvalue weighted by molar-refractivity contribution is -0.592. The van der Waals surface area contributed by atoms with Gasteiger partial charge in [-0.25, -0.2) is 0 Å². The van der Waals surface area contributed by atoms with E-state index in [-0.39, 0.29) is 0 Å². The maximum atomic E-state index is 12.1. The molecule has 0 fully saturated rings. The van der Waals surface area contributed by atoms with Crippen LogP contribution in [0.25, 0.3) is 22.0 Å². The number of nitrogens with zero attached hydrogens (tertiary/aromatic N) is 1. The zero-order valence-electron chi connectivity index (χ0n) is 10.1. The molecule has 0 unspecified atom stereocenters. The largest absolute Gasteiger partial charge is 0.618 e. The highest BCUT2D eigenvalue weighted by atomic mass is 16.5. The Hall–Kier alpha value is -2.68. The van der Waals surface area contributed by atoms with E-state index < -0.39 is 0 Å². The summed E-state index contributed by atoms with van der Waals surface area (Å²) in [6, 6.07) is 16.5. The summed E-state index contributed by atoms with van der Waals surface area (Å²) < 4.78 is 0.810. The quantitative estimate of drug-likeness (QED) is 0.398. The minimum absolute atomic E-state index is 0.515. The van der Waals surface area contributed by atoms with Gasteiger partial charge in [0.05, 0.1) is 10.9 Å². The minimum atomic E-state index is 0.515. The van der Waals surface area contributed by atoms with Crippen molar-refractivity contribution in [2.24, 2.45) is 0 Å². The average Bonchev–Trinajstić information content (AvgIpc) is 2.47. The van der Waals surface area contributed by atoms with Crippen molar-refractivity contribution in [3.8, 4) is 11.3 Å². The number of fused-ring (bicyclic) bond motifs is 1. The lowest BCUT2D eigenvalue weighted by atomic mass is 10.00. The Morgan fingerprint density at radius 3 is 2.53 bits per heavy atom. The molecule has 0 atom stereocenters. The first-order valence-corrected chi connectivity index (χ1v) is 5.97. The van der Waals surface area contributed by atoms with Crippen LogP contribution in [0.1, 0.15) is 10.4 Å². The molecule has 3 rings (SSSR count). The molecular formula is C16H11NO2. The third kappa shape index (κ3) is 1.85. The van der Waals surface area contributed by atoms with Crippen LogP contribution in [0.2, 0.25) is 0 Å². The first kappa shape index (κ1) is 11.4. The van der Waals surface area contributed by atoms with Crippen LogP contribution in [0.5, 0.6) is 0 Å². The third-order valence-electron chi connectivity index (χ3n) is 3.17. The van der Waals surface area contributed by atoms with E-state index in [4.69, 9.17) is 0 Å². The highest BCUT2D eigenvalue weighted by molar-refractivity contribution is 5.97. The van der Waals surface area contributed by atoms with E-state index >= 15 is 0 Å². The number of hydrogen-bond donors (Lipinski definition) is 0. The van der Waals surface area contributed by atoms with E-state index in [0.29, 0.717) is 16.8 Å². The number of hydrogen-bond acceptors (Lipinski definition) is 2. The molecule has 0 amide bonds. The van der Waals surface area contributed by atoms with Crippen molar-refractivity contribution < 1.29 is 9.52 Å². The molecule has 92 valence electrons. The molecule has 2 aromatic carbocycles. The molecule has 0 saturated heterocycles. The SMILES string of the molecule is O=Cc1ccccc1-c1c2ccccc2cc[n+]1[O-]. The highest BCUT2D eigenvalue weighted by Crippen LogP contribution is 2.26. The molecule has 0 aliphatic heterocycles. The van der Waals surface area contributed by atoms with Crippen molar-refractivity contribution >= 4 is 17.1 Å². The Morgan fingerprint density at radius 1 is 0.947 bits per heavy atom. The Kier molecular flexibility index (Phi) is 2.72. The summed E-state index contributed by atoms with van der Waals surface area (Å²) in [5, 5.41) is 13.9. The van der Waals surface area contributed by atoms with E-state index in [2.05, 4.69) is 0 Å². The fourth-order valence-corrected chi connectivity index (χ4v) is 2.28. The first-order chi connectivity index (χ1) is 9.31.